The Bertz CT molecular complexity index is 1320. The number of hydrogen-bond donors (Lipinski definition) is 0. The normalized spacial score (nSPS) is 27.9. The van der Waals surface area contributed by atoms with Crippen LogP contribution in [0.4, 0.5) is 4.39 Å². The van der Waals surface area contributed by atoms with Crippen molar-refractivity contribution in [3.63, 3.8) is 0 Å². The maximum atomic E-state index is 14.8. The van der Waals surface area contributed by atoms with E-state index in [4.69, 9.17) is 9.72 Å². The van der Waals surface area contributed by atoms with Crippen molar-refractivity contribution in [2.75, 3.05) is 6.61 Å². The van der Waals surface area contributed by atoms with Crippen molar-refractivity contribution < 1.29 is 18.7 Å². The number of rotatable bonds is 1. The lowest BCUT2D eigenvalue weighted by Gasteiger charge is -2.28. The standard InChI is InChI=1S/C28H28FNO3/c1-4-16-19-10-18-15(6-8-24(31)21(19)12-33-28(16)32)9-20-25-13(2)5-7-17-14(3)22(29)11-23(26(17)25)30-27(18)20/h10-11,13,15-16H,4-9,12H2,1-3H3/b18-10+/t13-,15?,16+/m0/s1. The number of ketones is 1. The number of carbonyl (C=O) groups excluding carboxylic acids is 2. The van der Waals surface area contributed by atoms with Crippen molar-refractivity contribution >= 4 is 28.2 Å². The summed E-state index contributed by atoms with van der Waals surface area (Å²) in [7, 11) is 0. The molecule has 170 valence electrons. The van der Waals surface area contributed by atoms with Gasteiger partial charge >= 0.3 is 5.97 Å². The summed E-state index contributed by atoms with van der Waals surface area (Å²) in [4.78, 5) is 30.5. The Morgan fingerprint density at radius 3 is 2.79 bits per heavy atom. The maximum Gasteiger partial charge on any atom is 0.313 e. The number of nitrogens with zero attached hydrogens (tertiary/aromatic N) is 1. The van der Waals surface area contributed by atoms with Gasteiger partial charge < -0.3 is 4.74 Å². The molecule has 33 heavy (non-hydrogen) atoms. The number of cyclic esters (lactones) is 1. The van der Waals surface area contributed by atoms with Gasteiger partial charge in [0.15, 0.2) is 5.78 Å². The van der Waals surface area contributed by atoms with Crippen LogP contribution >= 0.6 is 0 Å². The molecule has 4 aliphatic rings. The van der Waals surface area contributed by atoms with Crippen molar-refractivity contribution in [1.82, 2.24) is 4.98 Å². The summed E-state index contributed by atoms with van der Waals surface area (Å²) in [6.07, 6.45) is 6.61. The molecule has 0 amide bonds. The Kier molecular flexibility index (Phi) is 4.62. The van der Waals surface area contributed by atoms with Crippen LogP contribution in [0, 0.1) is 24.6 Å². The number of benzene rings is 1. The van der Waals surface area contributed by atoms with Gasteiger partial charge in [-0.1, -0.05) is 19.9 Å². The molecular weight excluding hydrogens is 417 g/mol. The first-order chi connectivity index (χ1) is 15.9. The van der Waals surface area contributed by atoms with E-state index in [1.807, 2.05) is 13.8 Å². The molecule has 2 heterocycles. The molecule has 2 aromatic rings. The second-order valence-electron chi connectivity index (χ2n) is 10.1. The fourth-order valence-corrected chi connectivity index (χ4v) is 6.55. The Hall–Kier alpha value is -2.82. The number of esters is 1. The number of hydrogen-bond acceptors (Lipinski definition) is 4. The predicted molar refractivity (Wildman–Crippen MR) is 124 cm³/mol. The van der Waals surface area contributed by atoms with E-state index in [9.17, 15) is 14.0 Å². The molecule has 6 rings (SSSR count). The molecule has 1 aliphatic heterocycles. The van der Waals surface area contributed by atoms with Crippen LogP contribution in [0.15, 0.2) is 23.3 Å². The molecule has 1 unspecified atom stereocenters. The second kappa shape index (κ2) is 7.34. The number of pyridine rings is 1. The largest absolute Gasteiger partial charge is 0.460 e. The van der Waals surface area contributed by atoms with Crippen molar-refractivity contribution in [1.29, 1.82) is 0 Å². The number of aryl methyl sites for hydroxylation is 1. The summed E-state index contributed by atoms with van der Waals surface area (Å²) < 4.78 is 20.2. The lowest BCUT2D eigenvalue weighted by molar-refractivity contribution is -0.147. The SMILES string of the molecule is CC[C@H]1C(=O)OCC2=C1/C=C1/c3nc4cc(F)c(C)c5c4c(c3CC1CCC2=O)[C@@H](C)CC5. The zero-order valence-corrected chi connectivity index (χ0v) is 19.4. The molecule has 0 saturated carbocycles. The zero-order chi connectivity index (χ0) is 23.0. The van der Waals surface area contributed by atoms with Crippen LogP contribution in [-0.2, 0) is 27.2 Å². The van der Waals surface area contributed by atoms with Crippen LogP contribution in [0.25, 0.3) is 16.5 Å². The molecule has 0 saturated heterocycles. The Morgan fingerprint density at radius 1 is 1.18 bits per heavy atom. The third-order valence-corrected chi connectivity index (χ3v) is 8.37. The van der Waals surface area contributed by atoms with Crippen LogP contribution in [0.2, 0.25) is 0 Å². The van der Waals surface area contributed by atoms with E-state index in [2.05, 4.69) is 13.0 Å². The molecule has 0 N–H and O–H groups in total. The molecule has 4 nitrogen and oxygen atoms in total. The van der Waals surface area contributed by atoms with Gasteiger partial charge in [0.1, 0.15) is 12.4 Å². The zero-order valence-electron chi connectivity index (χ0n) is 19.4. The molecular formula is C28H28FNO3. The monoisotopic (exact) mass is 445 g/mol. The highest BCUT2D eigenvalue weighted by Gasteiger charge is 2.39. The maximum absolute atomic E-state index is 14.8. The quantitative estimate of drug-likeness (QED) is 0.542. The predicted octanol–water partition coefficient (Wildman–Crippen LogP) is 5.53. The van der Waals surface area contributed by atoms with Gasteiger partial charge in [-0.25, -0.2) is 9.37 Å². The van der Waals surface area contributed by atoms with Crippen LogP contribution in [0.1, 0.15) is 73.4 Å². The molecule has 0 spiro atoms. The molecule has 0 bridgehead atoms. The minimum absolute atomic E-state index is 0.0616. The van der Waals surface area contributed by atoms with Crippen molar-refractivity contribution in [2.45, 2.75) is 65.2 Å². The average molecular weight is 446 g/mol. The molecule has 1 aromatic carbocycles. The highest BCUT2D eigenvalue weighted by atomic mass is 19.1. The van der Waals surface area contributed by atoms with Crippen molar-refractivity contribution in [3.8, 4) is 0 Å². The first kappa shape index (κ1) is 20.8. The highest BCUT2D eigenvalue weighted by Crippen LogP contribution is 2.49. The molecule has 0 fully saturated rings. The number of allylic oxidation sites excluding steroid dienone is 2. The smallest absolute Gasteiger partial charge is 0.313 e. The van der Waals surface area contributed by atoms with Crippen molar-refractivity contribution in [3.05, 3.63) is 57.1 Å². The molecule has 3 aliphatic carbocycles. The third kappa shape index (κ3) is 2.90. The van der Waals surface area contributed by atoms with Gasteiger partial charge in [-0.05, 0) is 84.3 Å². The lowest BCUT2D eigenvalue weighted by Crippen LogP contribution is -2.30. The minimum Gasteiger partial charge on any atom is -0.460 e. The first-order valence-corrected chi connectivity index (χ1v) is 12.2. The number of fused-ring (bicyclic) bond motifs is 4. The van der Waals surface area contributed by atoms with Crippen LogP contribution in [-0.4, -0.2) is 23.3 Å². The van der Waals surface area contributed by atoms with Gasteiger partial charge in [-0.2, -0.15) is 0 Å². The topological polar surface area (TPSA) is 56.3 Å². The fourth-order valence-electron chi connectivity index (χ4n) is 6.55. The summed E-state index contributed by atoms with van der Waals surface area (Å²) in [5.74, 6) is -0.196. The summed E-state index contributed by atoms with van der Waals surface area (Å²) in [6.45, 7) is 6.15. The molecule has 0 radical (unpaired) electrons. The van der Waals surface area contributed by atoms with Crippen LogP contribution in [0.5, 0.6) is 0 Å². The molecule has 3 atom stereocenters. The number of ether oxygens (including phenoxy) is 1. The van der Waals surface area contributed by atoms with Crippen molar-refractivity contribution in [2.24, 2.45) is 11.8 Å². The summed E-state index contributed by atoms with van der Waals surface area (Å²) in [5, 5.41) is 1.14. The van der Waals surface area contributed by atoms with Gasteiger partial charge in [-0.15, -0.1) is 0 Å². The summed E-state index contributed by atoms with van der Waals surface area (Å²) >= 11 is 0. The van der Waals surface area contributed by atoms with Gasteiger partial charge in [0.25, 0.3) is 0 Å². The Balaban J connectivity index is 1.63. The number of Topliss-reactive ketones (excluding diaryl/α,β-unsaturated/α-hetero) is 1. The van der Waals surface area contributed by atoms with E-state index in [1.165, 1.54) is 11.1 Å². The van der Waals surface area contributed by atoms with E-state index in [-0.39, 0.29) is 30.1 Å². The van der Waals surface area contributed by atoms with E-state index in [0.29, 0.717) is 24.3 Å². The molecule has 1 aromatic heterocycles. The average Bonchev–Trinajstić information content (AvgIpc) is 3.12. The second-order valence-corrected chi connectivity index (χ2v) is 10.1. The number of aromatic nitrogens is 1. The van der Waals surface area contributed by atoms with Gasteiger partial charge in [0, 0.05) is 23.4 Å². The Morgan fingerprint density at radius 2 is 2.00 bits per heavy atom. The summed E-state index contributed by atoms with van der Waals surface area (Å²) in [6, 6.07) is 1.59. The fraction of sp³-hybridized carbons (Fsp3) is 0.464. The van der Waals surface area contributed by atoms with E-state index in [1.54, 1.807) is 6.07 Å². The molecule has 5 heteroatoms. The van der Waals surface area contributed by atoms with Gasteiger partial charge in [0.05, 0.1) is 17.1 Å². The Labute approximate surface area is 192 Å². The minimum atomic E-state index is -0.419. The number of halogens is 1. The van der Waals surface area contributed by atoms with Gasteiger partial charge in [0.2, 0.25) is 0 Å². The van der Waals surface area contributed by atoms with Crippen LogP contribution < -0.4 is 0 Å². The van der Waals surface area contributed by atoms with Gasteiger partial charge in [-0.3, -0.25) is 9.59 Å². The van der Waals surface area contributed by atoms with Crippen LogP contribution in [0.3, 0.4) is 0 Å². The highest BCUT2D eigenvalue weighted by molar-refractivity contribution is 6.01. The third-order valence-electron chi connectivity index (χ3n) is 8.37. The first-order valence-electron chi connectivity index (χ1n) is 12.2. The van der Waals surface area contributed by atoms with E-state index < -0.39 is 5.92 Å². The van der Waals surface area contributed by atoms with E-state index in [0.717, 1.165) is 64.6 Å². The lowest BCUT2D eigenvalue weighted by atomic mass is 9.79. The number of carbonyl (C=O) groups is 2. The van der Waals surface area contributed by atoms with E-state index >= 15 is 0 Å². The summed E-state index contributed by atoms with van der Waals surface area (Å²) in [5.41, 5.74) is 8.67.